The Hall–Kier alpha value is -1.10. The van der Waals surface area contributed by atoms with E-state index in [2.05, 4.69) is 24.3 Å². The zero-order valence-electron chi connectivity index (χ0n) is 13.7. The number of nitrogens with zero attached hydrogens (tertiary/aromatic N) is 2. The minimum absolute atomic E-state index is 0.416. The summed E-state index contributed by atoms with van der Waals surface area (Å²) in [5, 5.41) is 8.05. The van der Waals surface area contributed by atoms with Gasteiger partial charge in [-0.05, 0) is 37.5 Å². The lowest BCUT2D eigenvalue weighted by molar-refractivity contribution is 0.252. The van der Waals surface area contributed by atoms with Gasteiger partial charge in [-0.15, -0.1) is 0 Å². The lowest BCUT2D eigenvalue weighted by Crippen LogP contribution is -2.29. The van der Waals surface area contributed by atoms with E-state index < -0.39 is 0 Å². The van der Waals surface area contributed by atoms with Crippen molar-refractivity contribution >= 4 is 23.0 Å². The molecule has 1 aliphatic rings. The van der Waals surface area contributed by atoms with Crippen LogP contribution in [0.15, 0.2) is 0 Å². The van der Waals surface area contributed by atoms with Crippen LogP contribution < -0.4 is 11.1 Å². The second-order valence-corrected chi connectivity index (χ2v) is 7.40. The van der Waals surface area contributed by atoms with Gasteiger partial charge >= 0.3 is 0 Å². The Kier molecular flexibility index (Phi) is 4.91. The number of rotatable bonds is 6. The van der Waals surface area contributed by atoms with Gasteiger partial charge in [0.25, 0.3) is 0 Å². The van der Waals surface area contributed by atoms with Crippen LogP contribution in [0.25, 0.3) is 0 Å². The molecule has 1 aliphatic carbocycles. The Labute approximate surface area is 133 Å². The monoisotopic (exact) mass is 308 g/mol. The molecule has 4 nitrogen and oxygen atoms in total. The molecule has 0 amide bonds. The number of nitrogens with one attached hydrogen (secondary N) is 1. The molecule has 5 heteroatoms. The lowest BCUT2D eigenvalue weighted by Gasteiger charge is -2.31. The van der Waals surface area contributed by atoms with Gasteiger partial charge in [0.1, 0.15) is 10.8 Å². The summed E-state index contributed by atoms with van der Waals surface area (Å²) in [6.45, 7) is 7.57. The minimum Gasteiger partial charge on any atom is -0.389 e. The smallest absolute Gasteiger partial charge is 0.134 e. The molecular weight excluding hydrogens is 280 g/mol. The van der Waals surface area contributed by atoms with Crippen LogP contribution in [-0.2, 0) is 7.05 Å². The fourth-order valence-corrected chi connectivity index (χ4v) is 4.12. The summed E-state index contributed by atoms with van der Waals surface area (Å²) in [6, 6.07) is 0. The lowest BCUT2D eigenvalue weighted by atomic mass is 9.78. The molecule has 0 saturated heterocycles. The van der Waals surface area contributed by atoms with Crippen LogP contribution in [0.4, 0.5) is 5.82 Å². The van der Waals surface area contributed by atoms with E-state index in [-0.39, 0.29) is 0 Å². The van der Waals surface area contributed by atoms with Crippen molar-refractivity contribution in [2.24, 2.45) is 24.1 Å². The number of aryl methyl sites for hydroxylation is 2. The standard InChI is InChI=1S/C16H28N4S/c1-11(2)9-16(7-5-6-8-16)10-18-15-13(14(17)21)12(3)19-20(15)4/h11,18H,5-10H2,1-4H3,(H2,17,21). The van der Waals surface area contributed by atoms with Crippen molar-refractivity contribution in [1.29, 1.82) is 0 Å². The first-order valence-corrected chi connectivity index (χ1v) is 8.33. The zero-order valence-corrected chi connectivity index (χ0v) is 14.5. The first kappa shape index (κ1) is 16.3. The zero-order chi connectivity index (χ0) is 15.6. The maximum absolute atomic E-state index is 5.86. The molecule has 0 unspecified atom stereocenters. The molecule has 1 aromatic heterocycles. The van der Waals surface area contributed by atoms with Gasteiger partial charge < -0.3 is 11.1 Å². The molecule has 0 aliphatic heterocycles. The van der Waals surface area contributed by atoms with E-state index in [4.69, 9.17) is 18.0 Å². The summed E-state index contributed by atoms with van der Waals surface area (Å²) in [5.41, 5.74) is 8.07. The van der Waals surface area contributed by atoms with Gasteiger partial charge in [0.2, 0.25) is 0 Å². The number of hydrogen-bond donors (Lipinski definition) is 2. The fourth-order valence-electron chi connectivity index (χ4n) is 3.87. The van der Waals surface area contributed by atoms with E-state index in [9.17, 15) is 0 Å². The van der Waals surface area contributed by atoms with Gasteiger partial charge in [-0.1, -0.05) is 38.9 Å². The topological polar surface area (TPSA) is 55.9 Å². The molecule has 3 N–H and O–H groups in total. The van der Waals surface area contributed by atoms with E-state index >= 15 is 0 Å². The van der Waals surface area contributed by atoms with Crippen molar-refractivity contribution in [3.8, 4) is 0 Å². The highest BCUT2D eigenvalue weighted by Crippen LogP contribution is 2.43. The molecule has 1 saturated carbocycles. The average molecular weight is 308 g/mol. The first-order chi connectivity index (χ1) is 9.84. The van der Waals surface area contributed by atoms with Crippen LogP contribution in [0.3, 0.4) is 0 Å². The quantitative estimate of drug-likeness (QED) is 0.791. The maximum Gasteiger partial charge on any atom is 0.134 e. The van der Waals surface area contributed by atoms with Crippen LogP contribution in [-0.4, -0.2) is 21.3 Å². The molecule has 21 heavy (non-hydrogen) atoms. The SMILES string of the molecule is Cc1nn(C)c(NCC2(CC(C)C)CCCC2)c1C(N)=S. The van der Waals surface area contributed by atoms with E-state index in [1.54, 1.807) is 0 Å². The summed E-state index contributed by atoms with van der Waals surface area (Å²) in [5.74, 6) is 1.70. The third-order valence-electron chi connectivity index (χ3n) is 4.60. The predicted molar refractivity (Wildman–Crippen MR) is 92.7 cm³/mol. The molecular formula is C16H28N4S. The molecule has 1 fully saturated rings. The second-order valence-electron chi connectivity index (χ2n) is 6.96. The van der Waals surface area contributed by atoms with Gasteiger partial charge in [0.05, 0.1) is 11.3 Å². The Bertz CT molecular complexity index is 513. The third-order valence-corrected chi connectivity index (χ3v) is 4.81. The Morgan fingerprint density at radius 2 is 2.05 bits per heavy atom. The van der Waals surface area contributed by atoms with E-state index in [0.29, 0.717) is 10.4 Å². The molecule has 1 heterocycles. The molecule has 0 spiro atoms. The molecule has 1 aromatic rings. The van der Waals surface area contributed by atoms with Crippen molar-refractivity contribution in [1.82, 2.24) is 9.78 Å². The normalized spacial score (nSPS) is 17.4. The van der Waals surface area contributed by atoms with Crippen molar-refractivity contribution < 1.29 is 0 Å². The summed E-state index contributed by atoms with van der Waals surface area (Å²) < 4.78 is 1.86. The second kappa shape index (κ2) is 6.34. The largest absolute Gasteiger partial charge is 0.389 e. The van der Waals surface area contributed by atoms with Gasteiger partial charge in [0.15, 0.2) is 0 Å². The Morgan fingerprint density at radius 3 is 2.57 bits per heavy atom. The number of aromatic nitrogens is 2. The fraction of sp³-hybridized carbons (Fsp3) is 0.750. The van der Waals surface area contributed by atoms with Crippen molar-refractivity contribution in [3.05, 3.63) is 11.3 Å². The van der Waals surface area contributed by atoms with Crippen LogP contribution in [0, 0.1) is 18.3 Å². The average Bonchev–Trinajstić information content (AvgIpc) is 2.91. The van der Waals surface area contributed by atoms with Crippen LogP contribution >= 0.6 is 12.2 Å². The predicted octanol–water partition coefficient (Wildman–Crippen LogP) is 3.38. The number of hydrogen-bond acceptors (Lipinski definition) is 3. The van der Waals surface area contributed by atoms with Crippen LogP contribution in [0.5, 0.6) is 0 Å². The summed E-state index contributed by atoms with van der Waals surface area (Å²) in [6.07, 6.45) is 6.61. The molecule has 0 radical (unpaired) electrons. The summed E-state index contributed by atoms with van der Waals surface area (Å²) >= 11 is 5.18. The minimum atomic E-state index is 0.416. The Morgan fingerprint density at radius 1 is 1.43 bits per heavy atom. The summed E-state index contributed by atoms with van der Waals surface area (Å²) in [4.78, 5) is 0.424. The van der Waals surface area contributed by atoms with E-state index in [1.165, 1.54) is 32.1 Å². The third kappa shape index (κ3) is 3.57. The van der Waals surface area contributed by atoms with Crippen molar-refractivity contribution in [3.63, 3.8) is 0 Å². The number of anilines is 1. The maximum atomic E-state index is 5.86. The van der Waals surface area contributed by atoms with Gasteiger partial charge in [-0.2, -0.15) is 5.10 Å². The summed E-state index contributed by atoms with van der Waals surface area (Å²) in [7, 11) is 1.95. The van der Waals surface area contributed by atoms with E-state index in [1.807, 2.05) is 18.7 Å². The van der Waals surface area contributed by atoms with Gasteiger partial charge in [-0.3, -0.25) is 4.68 Å². The van der Waals surface area contributed by atoms with Crippen molar-refractivity contribution in [2.75, 3.05) is 11.9 Å². The van der Waals surface area contributed by atoms with Crippen LogP contribution in [0.1, 0.15) is 57.2 Å². The van der Waals surface area contributed by atoms with Gasteiger partial charge in [-0.25, -0.2) is 0 Å². The Balaban J connectivity index is 2.16. The molecule has 0 atom stereocenters. The van der Waals surface area contributed by atoms with Crippen molar-refractivity contribution in [2.45, 2.75) is 52.9 Å². The number of thiocarbonyl (C=S) groups is 1. The molecule has 0 aromatic carbocycles. The van der Waals surface area contributed by atoms with E-state index in [0.717, 1.165) is 29.5 Å². The van der Waals surface area contributed by atoms with Gasteiger partial charge in [0, 0.05) is 13.6 Å². The molecule has 118 valence electrons. The highest BCUT2D eigenvalue weighted by atomic mass is 32.1. The number of nitrogens with two attached hydrogens (primary N) is 1. The molecule has 0 bridgehead atoms. The molecule has 2 rings (SSSR count). The van der Waals surface area contributed by atoms with Crippen LogP contribution in [0.2, 0.25) is 0 Å². The highest BCUT2D eigenvalue weighted by Gasteiger charge is 2.34. The first-order valence-electron chi connectivity index (χ1n) is 7.92. The highest BCUT2D eigenvalue weighted by molar-refractivity contribution is 7.80.